The van der Waals surface area contributed by atoms with Crippen LogP contribution in [0, 0.1) is 0 Å². The van der Waals surface area contributed by atoms with E-state index in [0.717, 1.165) is 16.9 Å². The van der Waals surface area contributed by atoms with Crippen LogP contribution < -0.4 is 10.1 Å². The van der Waals surface area contributed by atoms with Crippen LogP contribution in [0.3, 0.4) is 0 Å². The molecule has 0 bridgehead atoms. The predicted molar refractivity (Wildman–Crippen MR) is 91.0 cm³/mol. The maximum atomic E-state index is 10.6. The summed E-state index contributed by atoms with van der Waals surface area (Å²) < 4.78 is 6.00. The molecule has 0 heterocycles. The maximum absolute atomic E-state index is 10.6. The van der Waals surface area contributed by atoms with Gasteiger partial charge in [0.1, 0.15) is 12.4 Å². The molecule has 0 unspecified atom stereocenters. The summed E-state index contributed by atoms with van der Waals surface area (Å²) in [6.45, 7) is 5.16. The van der Waals surface area contributed by atoms with Crippen molar-refractivity contribution in [1.82, 2.24) is 5.32 Å². The van der Waals surface area contributed by atoms with E-state index < -0.39 is 6.09 Å². The van der Waals surface area contributed by atoms with Crippen LogP contribution in [-0.4, -0.2) is 17.7 Å². The second-order valence-corrected chi connectivity index (χ2v) is 5.78. The van der Waals surface area contributed by atoms with Gasteiger partial charge in [0.2, 0.25) is 0 Å². The molecule has 0 saturated carbocycles. The van der Waals surface area contributed by atoms with E-state index in [2.05, 4.69) is 31.3 Å². The fourth-order valence-corrected chi connectivity index (χ4v) is 2.31. The van der Waals surface area contributed by atoms with Crippen LogP contribution in [-0.2, 0) is 13.0 Å². The minimum absolute atomic E-state index is 0.373. The molecule has 0 spiro atoms. The van der Waals surface area contributed by atoms with Gasteiger partial charge in [-0.2, -0.15) is 0 Å². The molecule has 4 nitrogen and oxygen atoms in total. The van der Waals surface area contributed by atoms with Gasteiger partial charge in [0, 0.05) is 6.54 Å². The molecule has 2 aromatic carbocycles. The first-order valence-electron chi connectivity index (χ1n) is 7.82. The molecular weight excluding hydrogens is 290 g/mol. The number of hydrogen-bond acceptors (Lipinski definition) is 2. The molecular formula is C19H23NO3. The lowest BCUT2D eigenvalue weighted by Gasteiger charge is -2.15. The standard InChI is InChI=1S/C19H23NO3/c1-14(2)17-9-8-16(10-11-20-19(21)22)18(12-17)23-13-15-6-4-3-5-7-15/h3-9,12,14,20H,10-11,13H2,1-2H3,(H,21,22). The zero-order valence-electron chi connectivity index (χ0n) is 13.6. The number of carboxylic acid groups (broad SMARTS) is 1. The Hall–Kier alpha value is -2.49. The van der Waals surface area contributed by atoms with E-state index in [4.69, 9.17) is 9.84 Å². The van der Waals surface area contributed by atoms with Crippen molar-refractivity contribution in [3.63, 3.8) is 0 Å². The van der Waals surface area contributed by atoms with E-state index in [1.165, 1.54) is 5.56 Å². The normalized spacial score (nSPS) is 10.6. The summed E-state index contributed by atoms with van der Waals surface area (Å²) in [5, 5.41) is 11.1. The van der Waals surface area contributed by atoms with Gasteiger partial charge in [-0.25, -0.2) is 4.79 Å². The van der Waals surface area contributed by atoms with Crippen LogP contribution >= 0.6 is 0 Å². The smallest absolute Gasteiger partial charge is 0.404 e. The van der Waals surface area contributed by atoms with Crippen LogP contribution in [0.4, 0.5) is 4.79 Å². The lowest BCUT2D eigenvalue weighted by Crippen LogP contribution is -2.23. The van der Waals surface area contributed by atoms with Crippen LogP contribution in [0.1, 0.15) is 36.5 Å². The molecule has 4 heteroatoms. The molecule has 0 aliphatic heterocycles. The van der Waals surface area contributed by atoms with E-state index in [0.29, 0.717) is 25.5 Å². The average molecular weight is 313 g/mol. The number of amides is 1. The predicted octanol–water partition coefficient (Wildman–Crippen LogP) is 4.20. The van der Waals surface area contributed by atoms with Crippen molar-refractivity contribution in [1.29, 1.82) is 0 Å². The van der Waals surface area contributed by atoms with Gasteiger partial charge in [-0.15, -0.1) is 0 Å². The van der Waals surface area contributed by atoms with Gasteiger partial charge in [-0.05, 0) is 35.1 Å². The molecule has 0 atom stereocenters. The van der Waals surface area contributed by atoms with Crippen LogP contribution in [0.2, 0.25) is 0 Å². The fourth-order valence-electron chi connectivity index (χ4n) is 2.31. The summed E-state index contributed by atoms with van der Waals surface area (Å²) in [7, 11) is 0. The molecule has 2 N–H and O–H groups in total. The Balaban J connectivity index is 2.11. The molecule has 0 saturated heterocycles. The number of nitrogens with one attached hydrogen (secondary N) is 1. The highest BCUT2D eigenvalue weighted by atomic mass is 16.5. The largest absolute Gasteiger partial charge is 0.489 e. The number of hydrogen-bond donors (Lipinski definition) is 2. The molecule has 122 valence electrons. The van der Waals surface area contributed by atoms with Crippen molar-refractivity contribution in [2.24, 2.45) is 0 Å². The summed E-state index contributed by atoms with van der Waals surface area (Å²) in [5.41, 5.74) is 3.33. The lowest BCUT2D eigenvalue weighted by molar-refractivity contribution is 0.194. The van der Waals surface area contributed by atoms with Crippen molar-refractivity contribution in [2.75, 3.05) is 6.54 Å². The first kappa shape index (κ1) is 16.9. The lowest BCUT2D eigenvalue weighted by atomic mass is 10.00. The highest BCUT2D eigenvalue weighted by molar-refractivity contribution is 5.64. The number of carbonyl (C=O) groups is 1. The Morgan fingerprint density at radius 2 is 1.91 bits per heavy atom. The van der Waals surface area contributed by atoms with Crippen molar-refractivity contribution in [3.8, 4) is 5.75 Å². The second kappa shape index (κ2) is 8.22. The van der Waals surface area contributed by atoms with Gasteiger partial charge in [0.15, 0.2) is 0 Å². The Morgan fingerprint density at radius 3 is 2.57 bits per heavy atom. The van der Waals surface area contributed by atoms with Crippen LogP contribution in [0.25, 0.3) is 0 Å². The third-order valence-electron chi connectivity index (χ3n) is 3.67. The number of benzene rings is 2. The van der Waals surface area contributed by atoms with E-state index in [1.54, 1.807) is 0 Å². The minimum Gasteiger partial charge on any atom is -0.489 e. The summed E-state index contributed by atoms with van der Waals surface area (Å²) >= 11 is 0. The summed E-state index contributed by atoms with van der Waals surface area (Å²) in [5.74, 6) is 1.24. The maximum Gasteiger partial charge on any atom is 0.404 e. The van der Waals surface area contributed by atoms with Crippen LogP contribution in [0.15, 0.2) is 48.5 Å². The first-order valence-corrected chi connectivity index (χ1v) is 7.82. The summed E-state index contributed by atoms with van der Waals surface area (Å²) in [4.78, 5) is 10.6. The third-order valence-corrected chi connectivity index (χ3v) is 3.67. The SMILES string of the molecule is CC(C)c1ccc(CCNC(=O)O)c(OCc2ccccc2)c1. The average Bonchev–Trinajstić information content (AvgIpc) is 2.54. The molecule has 0 aromatic heterocycles. The van der Waals surface area contributed by atoms with Gasteiger partial charge in [-0.1, -0.05) is 56.3 Å². The quantitative estimate of drug-likeness (QED) is 0.805. The molecule has 2 aromatic rings. The van der Waals surface area contributed by atoms with Gasteiger partial charge in [-0.3, -0.25) is 0 Å². The monoisotopic (exact) mass is 313 g/mol. The molecule has 2 rings (SSSR count). The molecule has 0 aliphatic carbocycles. The van der Waals surface area contributed by atoms with Crippen LogP contribution in [0.5, 0.6) is 5.75 Å². The molecule has 0 aliphatic rings. The van der Waals surface area contributed by atoms with Crippen molar-refractivity contribution >= 4 is 6.09 Å². The topological polar surface area (TPSA) is 58.6 Å². The summed E-state index contributed by atoms with van der Waals surface area (Å²) in [6.07, 6.45) is -0.398. The molecule has 1 amide bonds. The van der Waals surface area contributed by atoms with Gasteiger partial charge in [0.05, 0.1) is 0 Å². The van der Waals surface area contributed by atoms with Crippen molar-refractivity contribution in [2.45, 2.75) is 32.8 Å². The Labute approximate surface area is 137 Å². The van der Waals surface area contributed by atoms with Gasteiger partial charge in [0.25, 0.3) is 0 Å². The number of rotatable bonds is 7. The first-order chi connectivity index (χ1) is 11.1. The highest BCUT2D eigenvalue weighted by Crippen LogP contribution is 2.26. The van der Waals surface area contributed by atoms with Crippen molar-refractivity contribution < 1.29 is 14.6 Å². The van der Waals surface area contributed by atoms with Gasteiger partial charge >= 0.3 is 6.09 Å². The molecule has 0 radical (unpaired) electrons. The second-order valence-electron chi connectivity index (χ2n) is 5.78. The number of ether oxygens (including phenoxy) is 1. The van der Waals surface area contributed by atoms with E-state index in [9.17, 15) is 4.79 Å². The Morgan fingerprint density at radius 1 is 1.17 bits per heavy atom. The van der Waals surface area contributed by atoms with E-state index in [-0.39, 0.29) is 0 Å². The molecule has 0 fully saturated rings. The zero-order chi connectivity index (χ0) is 16.7. The third kappa shape index (κ3) is 5.33. The van der Waals surface area contributed by atoms with Gasteiger partial charge < -0.3 is 15.2 Å². The fraction of sp³-hybridized carbons (Fsp3) is 0.316. The Kier molecular flexibility index (Phi) is 6.03. The highest BCUT2D eigenvalue weighted by Gasteiger charge is 2.09. The zero-order valence-corrected chi connectivity index (χ0v) is 13.6. The van der Waals surface area contributed by atoms with E-state index in [1.807, 2.05) is 36.4 Å². The van der Waals surface area contributed by atoms with Crippen molar-refractivity contribution in [3.05, 3.63) is 65.2 Å². The Bertz CT molecular complexity index is 638. The molecule has 23 heavy (non-hydrogen) atoms. The summed E-state index contributed by atoms with van der Waals surface area (Å²) in [6, 6.07) is 16.2. The van der Waals surface area contributed by atoms with E-state index >= 15 is 0 Å². The minimum atomic E-state index is -1.00.